The lowest BCUT2D eigenvalue weighted by Gasteiger charge is -2.29. The van der Waals surface area contributed by atoms with Gasteiger partial charge >= 0.3 is 0 Å². The Morgan fingerprint density at radius 1 is 1.05 bits per heavy atom. The first-order valence-corrected chi connectivity index (χ1v) is 7.96. The minimum absolute atomic E-state index is 0.183. The van der Waals surface area contributed by atoms with Crippen LogP contribution < -0.4 is 5.73 Å². The van der Waals surface area contributed by atoms with Crippen molar-refractivity contribution in [1.29, 1.82) is 0 Å². The minimum Gasteiger partial charge on any atom is -0.391 e. The van der Waals surface area contributed by atoms with Crippen molar-refractivity contribution in [3.8, 4) is 0 Å². The lowest BCUT2D eigenvalue weighted by atomic mass is 9.92. The summed E-state index contributed by atoms with van der Waals surface area (Å²) < 4.78 is 0. The summed E-state index contributed by atoms with van der Waals surface area (Å²) in [7, 11) is 0. The van der Waals surface area contributed by atoms with E-state index in [-0.39, 0.29) is 12.1 Å². The lowest BCUT2D eigenvalue weighted by Crippen LogP contribution is -2.41. The summed E-state index contributed by atoms with van der Waals surface area (Å²) in [5.74, 6) is 0.674. The number of likely N-dealkylation sites (tertiary alicyclic amines) is 1. The fourth-order valence-electron chi connectivity index (χ4n) is 3.93. The molecule has 110 valence electrons. The first-order chi connectivity index (χ1) is 9.74. The van der Waals surface area contributed by atoms with Gasteiger partial charge in [-0.1, -0.05) is 30.3 Å². The smallest absolute Gasteiger partial charge is 0.0710 e. The van der Waals surface area contributed by atoms with Gasteiger partial charge in [-0.3, -0.25) is 4.90 Å². The van der Waals surface area contributed by atoms with E-state index in [1.165, 1.54) is 24.8 Å². The van der Waals surface area contributed by atoms with E-state index in [1.54, 1.807) is 0 Å². The molecular weight excluding hydrogens is 248 g/mol. The van der Waals surface area contributed by atoms with E-state index in [1.807, 2.05) is 0 Å². The van der Waals surface area contributed by atoms with Crippen molar-refractivity contribution in [1.82, 2.24) is 4.90 Å². The fraction of sp³-hybridized carbons (Fsp3) is 0.647. The Kier molecular flexibility index (Phi) is 4.39. The summed E-state index contributed by atoms with van der Waals surface area (Å²) in [6, 6.07) is 11.3. The summed E-state index contributed by atoms with van der Waals surface area (Å²) in [4.78, 5) is 2.49. The van der Waals surface area contributed by atoms with Crippen LogP contribution in [0.25, 0.3) is 0 Å². The van der Waals surface area contributed by atoms with Gasteiger partial charge in [0.2, 0.25) is 0 Å². The van der Waals surface area contributed by atoms with Gasteiger partial charge in [0, 0.05) is 12.1 Å². The molecule has 20 heavy (non-hydrogen) atoms. The third-order valence-corrected chi connectivity index (χ3v) is 5.04. The first kappa shape index (κ1) is 14.1. The largest absolute Gasteiger partial charge is 0.391 e. The molecule has 1 aliphatic heterocycles. The maximum atomic E-state index is 10.2. The standard InChI is InChI=1S/C17H26N2O/c18-15-11-16(17(20)12-15)19-9-4-7-14(8-10-19)13-5-2-1-3-6-13/h1-3,5-6,14-17,20H,4,7-12,18H2/t14?,15-,16-,17-/m0/s1. The summed E-state index contributed by atoms with van der Waals surface area (Å²) in [5.41, 5.74) is 7.46. The molecule has 1 aliphatic carbocycles. The average molecular weight is 274 g/mol. The molecule has 0 aromatic heterocycles. The number of aliphatic hydroxyl groups excluding tert-OH is 1. The third kappa shape index (κ3) is 3.05. The van der Waals surface area contributed by atoms with Crippen LogP contribution in [0.5, 0.6) is 0 Å². The van der Waals surface area contributed by atoms with E-state index in [0.29, 0.717) is 12.0 Å². The van der Waals surface area contributed by atoms with Crippen LogP contribution in [0, 0.1) is 0 Å². The van der Waals surface area contributed by atoms with Crippen molar-refractivity contribution in [2.45, 2.75) is 56.2 Å². The molecule has 1 aromatic rings. The zero-order chi connectivity index (χ0) is 13.9. The Morgan fingerprint density at radius 3 is 2.55 bits per heavy atom. The number of rotatable bonds is 2. The van der Waals surface area contributed by atoms with Gasteiger partial charge in [-0.15, -0.1) is 0 Å². The Hall–Kier alpha value is -0.900. The maximum Gasteiger partial charge on any atom is 0.0710 e. The van der Waals surface area contributed by atoms with Crippen LogP contribution in [0.4, 0.5) is 0 Å². The third-order valence-electron chi connectivity index (χ3n) is 5.04. The van der Waals surface area contributed by atoms with Crippen LogP contribution >= 0.6 is 0 Å². The van der Waals surface area contributed by atoms with Gasteiger partial charge < -0.3 is 10.8 Å². The molecule has 3 heteroatoms. The van der Waals surface area contributed by atoms with Gasteiger partial charge in [-0.05, 0) is 56.7 Å². The van der Waals surface area contributed by atoms with E-state index in [4.69, 9.17) is 5.73 Å². The van der Waals surface area contributed by atoms with Gasteiger partial charge in [0.05, 0.1) is 6.10 Å². The van der Waals surface area contributed by atoms with Crippen LogP contribution in [0.2, 0.25) is 0 Å². The topological polar surface area (TPSA) is 49.5 Å². The molecule has 3 N–H and O–H groups in total. The van der Waals surface area contributed by atoms with Gasteiger partial charge in [0.1, 0.15) is 0 Å². The SMILES string of the molecule is N[C@@H]1C[C@H](O)[C@@H](N2CCCC(c3ccccc3)CC2)C1. The van der Waals surface area contributed by atoms with Crippen LogP contribution in [0.15, 0.2) is 30.3 Å². The molecule has 1 saturated carbocycles. The molecule has 0 amide bonds. The van der Waals surface area contributed by atoms with Gasteiger partial charge in [0.25, 0.3) is 0 Å². The molecular formula is C17H26N2O. The second-order valence-corrected chi connectivity index (χ2v) is 6.44. The molecule has 1 aromatic carbocycles. The van der Waals surface area contributed by atoms with E-state index in [0.717, 1.165) is 25.9 Å². The average Bonchev–Trinajstić information content (AvgIpc) is 2.68. The van der Waals surface area contributed by atoms with Crippen LogP contribution in [0.1, 0.15) is 43.6 Å². The van der Waals surface area contributed by atoms with E-state index >= 15 is 0 Å². The number of nitrogens with two attached hydrogens (primary N) is 1. The van der Waals surface area contributed by atoms with Gasteiger partial charge in [0.15, 0.2) is 0 Å². The van der Waals surface area contributed by atoms with Gasteiger partial charge in [-0.2, -0.15) is 0 Å². The molecule has 0 spiro atoms. The molecule has 0 radical (unpaired) electrons. The summed E-state index contributed by atoms with van der Waals surface area (Å²) in [6.07, 6.45) is 5.18. The highest BCUT2D eigenvalue weighted by atomic mass is 16.3. The van der Waals surface area contributed by atoms with Crippen molar-refractivity contribution >= 4 is 0 Å². The Morgan fingerprint density at radius 2 is 1.85 bits per heavy atom. The molecule has 2 aliphatic rings. The van der Waals surface area contributed by atoms with Crippen molar-refractivity contribution in [3.05, 3.63) is 35.9 Å². The molecule has 0 bridgehead atoms. The minimum atomic E-state index is -0.224. The second-order valence-electron chi connectivity index (χ2n) is 6.44. The number of nitrogens with zero attached hydrogens (tertiary/aromatic N) is 1. The molecule has 1 unspecified atom stereocenters. The lowest BCUT2D eigenvalue weighted by molar-refractivity contribution is 0.0725. The molecule has 2 fully saturated rings. The van der Waals surface area contributed by atoms with E-state index < -0.39 is 0 Å². The number of benzene rings is 1. The zero-order valence-corrected chi connectivity index (χ0v) is 12.1. The van der Waals surface area contributed by atoms with Gasteiger partial charge in [-0.25, -0.2) is 0 Å². The summed E-state index contributed by atoms with van der Waals surface area (Å²) >= 11 is 0. The molecule has 3 nitrogen and oxygen atoms in total. The highest BCUT2D eigenvalue weighted by molar-refractivity contribution is 5.19. The van der Waals surface area contributed by atoms with Crippen molar-refractivity contribution in [2.24, 2.45) is 5.73 Å². The first-order valence-electron chi connectivity index (χ1n) is 7.96. The van der Waals surface area contributed by atoms with Crippen LogP contribution in [-0.4, -0.2) is 41.3 Å². The molecule has 4 atom stereocenters. The highest BCUT2D eigenvalue weighted by Gasteiger charge is 2.35. The van der Waals surface area contributed by atoms with Crippen LogP contribution in [0.3, 0.4) is 0 Å². The fourth-order valence-corrected chi connectivity index (χ4v) is 3.93. The molecule has 3 rings (SSSR count). The Labute approximate surface area is 121 Å². The normalized spacial score (nSPS) is 35.9. The molecule has 1 heterocycles. The highest BCUT2D eigenvalue weighted by Crippen LogP contribution is 2.31. The maximum absolute atomic E-state index is 10.2. The van der Waals surface area contributed by atoms with Crippen molar-refractivity contribution in [3.63, 3.8) is 0 Å². The number of aliphatic hydroxyl groups is 1. The summed E-state index contributed by atoms with van der Waals surface area (Å²) in [6.45, 7) is 2.20. The van der Waals surface area contributed by atoms with Crippen LogP contribution in [-0.2, 0) is 0 Å². The predicted molar refractivity (Wildman–Crippen MR) is 81.6 cm³/mol. The van der Waals surface area contributed by atoms with E-state index in [2.05, 4.69) is 35.2 Å². The van der Waals surface area contributed by atoms with Crippen molar-refractivity contribution < 1.29 is 5.11 Å². The Balaban J connectivity index is 1.62. The summed E-state index contributed by atoms with van der Waals surface area (Å²) in [5, 5.41) is 10.2. The quantitative estimate of drug-likeness (QED) is 0.868. The van der Waals surface area contributed by atoms with Crippen molar-refractivity contribution in [2.75, 3.05) is 13.1 Å². The number of hydrogen-bond donors (Lipinski definition) is 2. The monoisotopic (exact) mass is 274 g/mol. The zero-order valence-electron chi connectivity index (χ0n) is 12.1. The second kappa shape index (κ2) is 6.25. The van der Waals surface area contributed by atoms with E-state index in [9.17, 15) is 5.11 Å². The predicted octanol–water partition coefficient (Wildman–Crippen LogP) is 2.11. The number of hydrogen-bond acceptors (Lipinski definition) is 3. The Bertz CT molecular complexity index is 422. The molecule has 1 saturated heterocycles.